The number of aliphatic hydroxyl groups is 1. The van der Waals surface area contributed by atoms with Gasteiger partial charge in [-0.15, -0.1) is 0 Å². The van der Waals surface area contributed by atoms with Crippen molar-refractivity contribution in [1.29, 1.82) is 0 Å². The fourth-order valence-electron chi connectivity index (χ4n) is 4.85. The van der Waals surface area contributed by atoms with Crippen molar-refractivity contribution in [1.82, 2.24) is 9.97 Å². The lowest BCUT2D eigenvalue weighted by Gasteiger charge is -2.27. The SMILES string of the molecule is CN1C(c2ccc(-c3ccccc3)cc2)=C(Cl)Cc2[nH]c(OC3COC4C(O)COC34)nc21. The van der Waals surface area contributed by atoms with Gasteiger partial charge in [-0.2, -0.15) is 4.98 Å². The highest BCUT2D eigenvalue weighted by molar-refractivity contribution is 6.33. The topological polar surface area (TPSA) is 79.8 Å². The van der Waals surface area contributed by atoms with Crippen molar-refractivity contribution >= 4 is 23.1 Å². The molecular weight excluding hydrogens is 442 g/mol. The molecule has 3 aromatic rings. The van der Waals surface area contributed by atoms with E-state index in [1.54, 1.807) is 0 Å². The third kappa shape index (κ3) is 3.61. The Morgan fingerprint density at radius 1 is 1.00 bits per heavy atom. The van der Waals surface area contributed by atoms with Gasteiger partial charge in [0.15, 0.2) is 11.9 Å². The Balaban J connectivity index is 1.22. The molecule has 0 radical (unpaired) electrons. The van der Waals surface area contributed by atoms with Crippen LogP contribution in [0.25, 0.3) is 16.8 Å². The smallest absolute Gasteiger partial charge is 0.296 e. The first-order chi connectivity index (χ1) is 16.1. The van der Waals surface area contributed by atoms with Crippen molar-refractivity contribution in [3.8, 4) is 17.1 Å². The average Bonchev–Trinajstić information content (AvgIpc) is 3.52. The monoisotopic (exact) mass is 465 g/mol. The highest BCUT2D eigenvalue weighted by atomic mass is 35.5. The number of allylic oxidation sites excluding steroid dienone is 1. The van der Waals surface area contributed by atoms with E-state index in [2.05, 4.69) is 46.4 Å². The number of fused-ring (bicyclic) bond motifs is 2. The van der Waals surface area contributed by atoms with Crippen molar-refractivity contribution in [3.63, 3.8) is 0 Å². The second-order valence-corrected chi connectivity index (χ2v) is 9.05. The third-order valence-corrected chi connectivity index (χ3v) is 6.80. The molecule has 4 heterocycles. The molecule has 2 aromatic carbocycles. The number of rotatable bonds is 4. The lowest BCUT2D eigenvalue weighted by Crippen LogP contribution is -2.34. The van der Waals surface area contributed by atoms with Crippen molar-refractivity contribution in [2.24, 2.45) is 0 Å². The van der Waals surface area contributed by atoms with Crippen LogP contribution in [0.2, 0.25) is 0 Å². The Labute approximate surface area is 196 Å². The number of aliphatic hydroxyl groups excluding tert-OH is 1. The second-order valence-electron chi connectivity index (χ2n) is 8.60. The molecular formula is C25H24ClN3O4. The van der Waals surface area contributed by atoms with Crippen LogP contribution in [-0.2, 0) is 15.9 Å². The number of hydrogen-bond acceptors (Lipinski definition) is 6. The summed E-state index contributed by atoms with van der Waals surface area (Å²) < 4.78 is 17.4. The van der Waals surface area contributed by atoms with E-state index < -0.39 is 6.10 Å². The van der Waals surface area contributed by atoms with Gasteiger partial charge in [-0.1, -0.05) is 66.2 Å². The van der Waals surface area contributed by atoms with Gasteiger partial charge in [-0.25, -0.2) is 0 Å². The molecule has 2 N–H and O–H groups in total. The molecule has 33 heavy (non-hydrogen) atoms. The van der Waals surface area contributed by atoms with Crippen LogP contribution in [-0.4, -0.2) is 59.8 Å². The molecule has 2 fully saturated rings. The highest BCUT2D eigenvalue weighted by Gasteiger charge is 2.48. The predicted molar refractivity (Wildman–Crippen MR) is 125 cm³/mol. The Morgan fingerprint density at radius 2 is 1.70 bits per heavy atom. The fourth-order valence-corrected chi connectivity index (χ4v) is 5.22. The highest BCUT2D eigenvalue weighted by Crippen LogP contribution is 2.39. The van der Waals surface area contributed by atoms with Crippen LogP contribution in [0.15, 0.2) is 59.6 Å². The summed E-state index contributed by atoms with van der Waals surface area (Å²) in [5.41, 5.74) is 5.17. The number of hydrogen-bond donors (Lipinski definition) is 2. The maximum atomic E-state index is 9.94. The lowest BCUT2D eigenvalue weighted by atomic mass is 10.0. The van der Waals surface area contributed by atoms with Gasteiger partial charge in [0.2, 0.25) is 0 Å². The number of nitrogens with zero attached hydrogens (tertiary/aromatic N) is 2. The largest absolute Gasteiger partial charge is 0.456 e. The number of ether oxygens (including phenoxy) is 3. The van der Waals surface area contributed by atoms with Crippen LogP contribution >= 0.6 is 11.6 Å². The third-order valence-electron chi connectivity index (χ3n) is 6.49. The fraction of sp³-hybridized carbons (Fsp3) is 0.320. The van der Waals surface area contributed by atoms with E-state index in [9.17, 15) is 5.11 Å². The molecule has 0 bridgehead atoms. The number of halogens is 1. The standard InChI is InChI=1S/C25H24ClN3O4/c1-29-21(16-9-7-15(8-10-16)14-5-3-2-4-6-14)17(26)11-18-24(29)28-25(27-18)33-20-13-32-22-19(30)12-31-23(20)22/h2-10,19-20,22-23,30H,11-13H2,1H3,(H,27,28). The minimum atomic E-state index is -0.613. The van der Waals surface area contributed by atoms with E-state index in [0.717, 1.165) is 33.4 Å². The normalized spacial score (nSPS) is 26.5. The van der Waals surface area contributed by atoms with Gasteiger partial charge in [0.25, 0.3) is 6.01 Å². The summed E-state index contributed by atoms with van der Waals surface area (Å²) >= 11 is 6.75. The minimum absolute atomic E-state index is 0.262. The summed E-state index contributed by atoms with van der Waals surface area (Å²) in [6.45, 7) is 0.615. The van der Waals surface area contributed by atoms with Gasteiger partial charge in [0.1, 0.15) is 18.3 Å². The van der Waals surface area contributed by atoms with E-state index >= 15 is 0 Å². The van der Waals surface area contributed by atoms with E-state index in [1.807, 2.05) is 30.1 Å². The minimum Gasteiger partial charge on any atom is -0.456 e. The van der Waals surface area contributed by atoms with Crippen molar-refractivity contribution < 1.29 is 19.3 Å². The van der Waals surface area contributed by atoms with Crippen molar-refractivity contribution in [2.75, 3.05) is 25.2 Å². The molecule has 3 aliphatic rings. The number of imidazole rings is 1. The summed E-state index contributed by atoms with van der Waals surface area (Å²) in [5.74, 6) is 0.777. The molecule has 3 aliphatic heterocycles. The van der Waals surface area contributed by atoms with Gasteiger partial charge in [-0.05, 0) is 16.7 Å². The van der Waals surface area contributed by atoms with Crippen molar-refractivity contribution in [3.05, 3.63) is 70.9 Å². The molecule has 4 atom stereocenters. The average molecular weight is 466 g/mol. The molecule has 2 saturated heterocycles. The van der Waals surface area contributed by atoms with E-state index in [-0.39, 0.29) is 24.9 Å². The molecule has 8 heteroatoms. The van der Waals surface area contributed by atoms with Gasteiger partial charge in [0.05, 0.1) is 24.6 Å². The first-order valence-electron chi connectivity index (χ1n) is 11.0. The number of anilines is 1. The van der Waals surface area contributed by atoms with E-state index in [4.69, 9.17) is 25.8 Å². The molecule has 0 amide bonds. The van der Waals surface area contributed by atoms with Crippen LogP contribution in [0.5, 0.6) is 6.01 Å². The number of H-pyrrole nitrogens is 1. The van der Waals surface area contributed by atoms with Gasteiger partial charge in [0, 0.05) is 18.5 Å². The Kier molecular flexibility index (Phi) is 5.14. The predicted octanol–water partition coefficient (Wildman–Crippen LogP) is 3.58. The maximum absolute atomic E-state index is 9.94. The number of nitrogens with one attached hydrogen (secondary N) is 1. The van der Waals surface area contributed by atoms with Crippen LogP contribution in [0.4, 0.5) is 5.82 Å². The Bertz CT molecular complexity index is 1190. The number of aromatic amines is 1. The maximum Gasteiger partial charge on any atom is 0.296 e. The zero-order valence-corrected chi connectivity index (χ0v) is 18.8. The van der Waals surface area contributed by atoms with Crippen LogP contribution < -0.4 is 9.64 Å². The summed E-state index contributed by atoms with van der Waals surface area (Å²) in [4.78, 5) is 9.93. The molecule has 0 saturated carbocycles. The van der Waals surface area contributed by atoms with Crippen molar-refractivity contribution in [2.45, 2.75) is 30.8 Å². The number of aromatic nitrogens is 2. The molecule has 6 rings (SSSR count). The Hall–Kier alpha value is -2.84. The first-order valence-corrected chi connectivity index (χ1v) is 11.4. The molecule has 4 unspecified atom stereocenters. The van der Waals surface area contributed by atoms with Crippen LogP contribution in [0, 0.1) is 0 Å². The van der Waals surface area contributed by atoms with E-state index in [0.29, 0.717) is 19.0 Å². The zero-order chi connectivity index (χ0) is 22.5. The van der Waals surface area contributed by atoms with Gasteiger partial charge >= 0.3 is 0 Å². The zero-order valence-electron chi connectivity index (χ0n) is 18.1. The lowest BCUT2D eigenvalue weighted by molar-refractivity contribution is 0.00699. The summed E-state index contributed by atoms with van der Waals surface area (Å²) in [6, 6.07) is 19.1. The molecule has 0 aliphatic carbocycles. The van der Waals surface area contributed by atoms with Gasteiger partial charge in [-0.3, -0.25) is 0 Å². The summed E-state index contributed by atoms with van der Waals surface area (Å²) in [7, 11) is 1.95. The number of benzene rings is 2. The van der Waals surface area contributed by atoms with E-state index in [1.165, 1.54) is 5.56 Å². The molecule has 170 valence electrons. The summed E-state index contributed by atoms with van der Waals surface area (Å²) in [6.07, 6.45) is -1.03. The first kappa shape index (κ1) is 20.7. The molecule has 0 spiro atoms. The quantitative estimate of drug-likeness (QED) is 0.613. The second kappa shape index (κ2) is 8.18. The molecule has 1 aromatic heterocycles. The van der Waals surface area contributed by atoms with Crippen LogP contribution in [0.1, 0.15) is 11.3 Å². The Morgan fingerprint density at radius 3 is 2.48 bits per heavy atom. The molecule has 7 nitrogen and oxygen atoms in total. The van der Waals surface area contributed by atoms with Crippen LogP contribution in [0.3, 0.4) is 0 Å². The van der Waals surface area contributed by atoms with Gasteiger partial charge < -0.3 is 29.2 Å². The summed E-state index contributed by atoms with van der Waals surface area (Å²) in [5, 5.41) is 10.7.